The van der Waals surface area contributed by atoms with Gasteiger partial charge >= 0.3 is 0 Å². The smallest absolute Gasteiger partial charge is 0.235 e. The molecule has 1 aromatic heterocycles. The number of aromatic nitrogens is 1. The number of thiazole rings is 1. The first-order chi connectivity index (χ1) is 10.1. The molecule has 0 bridgehead atoms. The van der Waals surface area contributed by atoms with Gasteiger partial charge in [-0.15, -0.1) is 24.0 Å². The predicted octanol–water partition coefficient (Wildman–Crippen LogP) is 3.28. The standard InChI is InChI=1S/C15H17N3OS2/c1-9-8-21-14(17-9)11-12(19)18-13(20)10(7-16)15(11)5-3-2-4-6-15/h8,11,20H,2-6H2,1H3,(H,18,19)/t11-/m0/s1. The summed E-state index contributed by atoms with van der Waals surface area (Å²) in [6.07, 6.45) is 4.96. The number of nitrogens with zero attached hydrogens (tertiary/aromatic N) is 2. The lowest BCUT2D eigenvalue weighted by Crippen LogP contribution is -2.47. The van der Waals surface area contributed by atoms with Crippen LogP contribution in [-0.4, -0.2) is 10.9 Å². The van der Waals surface area contributed by atoms with Crippen LogP contribution in [0.3, 0.4) is 0 Å². The summed E-state index contributed by atoms with van der Waals surface area (Å²) in [6, 6.07) is 2.31. The van der Waals surface area contributed by atoms with Crippen molar-refractivity contribution in [2.75, 3.05) is 0 Å². The number of aryl methyl sites for hydroxylation is 1. The first-order valence-corrected chi connectivity index (χ1v) is 8.48. The van der Waals surface area contributed by atoms with Gasteiger partial charge in [0.15, 0.2) is 0 Å². The number of nitriles is 1. The molecule has 1 atom stereocenters. The number of carbonyl (C=O) groups is 1. The Morgan fingerprint density at radius 1 is 1.48 bits per heavy atom. The molecule has 0 unspecified atom stereocenters. The Kier molecular flexibility index (Phi) is 3.80. The van der Waals surface area contributed by atoms with Gasteiger partial charge in [0, 0.05) is 16.5 Å². The van der Waals surface area contributed by atoms with Crippen molar-refractivity contribution in [1.29, 1.82) is 5.26 Å². The lowest BCUT2D eigenvalue weighted by Gasteiger charge is -2.44. The lowest BCUT2D eigenvalue weighted by atomic mass is 9.60. The minimum atomic E-state index is -0.420. The molecule has 2 aliphatic rings. The number of carbonyl (C=O) groups excluding carboxylic acids is 1. The van der Waals surface area contributed by atoms with Crippen LogP contribution < -0.4 is 5.32 Å². The predicted molar refractivity (Wildman–Crippen MR) is 84.9 cm³/mol. The van der Waals surface area contributed by atoms with Gasteiger partial charge in [0.25, 0.3) is 0 Å². The molecular weight excluding hydrogens is 302 g/mol. The Balaban J connectivity index is 2.16. The molecule has 110 valence electrons. The summed E-state index contributed by atoms with van der Waals surface area (Å²) in [5.41, 5.74) is 1.13. The zero-order chi connectivity index (χ0) is 15.0. The molecule has 1 spiro atoms. The van der Waals surface area contributed by atoms with Crippen LogP contribution in [0, 0.1) is 23.7 Å². The SMILES string of the molecule is Cc1csc([C@@H]2C(=O)NC(S)=C(C#N)C23CCCCC3)n1. The summed E-state index contributed by atoms with van der Waals surface area (Å²) >= 11 is 5.86. The summed E-state index contributed by atoms with van der Waals surface area (Å²) in [4.78, 5) is 17.1. The molecule has 2 heterocycles. The van der Waals surface area contributed by atoms with E-state index in [0.29, 0.717) is 10.6 Å². The highest BCUT2D eigenvalue weighted by molar-refractivity contribution is 7.84. The maximum Gasteiger partial charge on any atom is 0.235 e. The van der Waals surface area contributed by atoms with Gasteiger partial charge in [-0.25, -0.2) is 4.98 Å². The van der Waals surface area contributed by atoms with Gasteiger partial charge in [0.1, 0.15) is 10.9 Å². The molecule has 1 aliphatic carbocycles. The number of allylic oxidation sites excluding steroid dienone is 1. The van der Waals surface area contributed by atoms with E-state index in [1.54, 1.807) is 0 Å². The molecule has 21 heavy (non-hydrogen) atoms. The van der Waals surface area contributed by atoms with E-state index in [2.05, 4.69) is 29.0 Å². The highest BCUT2D eigenvalue weighted by atomic mass is 32.1. The zero-order valence-electron chi connectivity index (χ0n) is 11.8. The third kappa shape index (κ3) is 2.29. The number of hydrogen-bond donors (Lipinski definition) is 2. The first-order valence-electron chi connectivity index (χ1n) is 7.15. The molecular formula is C15H17N3OS2. The van der Waals surface area contributed by atoms with Gasteiger partial charge in [-0.05, 0) is 19.8 Å². The third-order valence-electron chi connectivity index (χ3n) is 4.53. The normalized spacial score (nSPS) is 24.8. The number of rotatable bonds is 1. The number of nitrogens with one attached hydrogen (secondary N) is 1. The number of hydrogen-bond acceptors (Lipinski definition) is 5. The molecule has 4 nitrogen and oxygen atoms in total. The fourth-order valence-corrected chi connectivity index (χ4v) is 5.01. The quantitative estimate of drug-likeness (QED) is 0.781. The molecule has 0 saturated heterocycles. The Morgan fingerprint density at radius 3 is 2.76 bits per heavy atom. The molecule has 0 radical (unpaired) electrons. The second-order valence-electron chi connectivity index (χ2n) is 5.80. The highest BCUT2D eigenvalue weighted by Crippen LogP contribution is 2.55. The molecule has 6 heteroatoms. The average Bonchev–Trinajstić information content (AvgIpc) is 2.86. The van der Waals surface area contributed by atoms with Crippen LogP contribution in [-0.2, 0) is 4.79 Å². The van der Waals surface area contributed by atoms with Crippen molar-refractivity contribution in [2.24, 2.45) is 5.41 Å². The Hall–Kier alpha value is -1.32. The van der Waals surface area contributed by atoms with Crippen LogP contribution in [0.2, 0.25) is 0 Å². The molecule has 0 aromatic carbocycles. The van der Waals surface area contributed by atoms with E-state index in [4.69, 9.17) is 0 Å². The average molecular weight is 319 g/mol. The van der Waals surface area contributed by atoms with Crippen LogP contribution in [0.4, 0.5) is 0 Å². The van der Waals surface area contributed by atoms with E-state index >= 15 is 0 Å². The first kappa shape index (κ1) is 14.6. The molecule has 1 amide bonds. The van der Waals surface area contributed by atoms with Gasteiger partial charge in [-0.3, -0.25) is 4.79 Å². The van der Waals surface area contributed by atoms with E-state index in [1.807, 2.05) is 12.3 Å². The van der Waals surface area contributed by atoms with Crippen molar-refractivity contribution in [2.45, 2.75) is 44.9 Å². The fourth-order valence-electron chi connectivity index (χ4n) is 3.62. The summed E-state index contributed by atoms with van der Waals surface area (Å²) in [5, 5.41) is 15.6. The van der Waals surface area contributed by atoms with Crippen LogP contribution in [0.5, 0.6) is 0 Å². The maximum atomic E-state index is 12.6. The van der Waals surface area contributed by atoms with Gasteiger partial charge < -0.3 is 5.32 Å². The van der Waals surface area contributed by atoms with Gasteiger partial charge in [-0.1, -0.05) is 19.3 Å². The minimum Gasteiger partial charge on any atom is -0.319 e. The maximum absolute atomic E-state index is 12.6. The van der Waals surface area contributed by atoms with E-state index in [9.17, 15) is 10.1 Å². The monoisotopic (exact) mass is 319 g/mol. The summed E-state index contributed by atoms with van der Waals surface area (Å²) in [5.74, 6) is -0.433. The number of amides is 1. The van der Waals surface area contributed by atoms with Gasteiger partial charge in [-0.2, -0.15) is 5.26 Å². The molecule has 1 fully saturated rings. The lowest BCUT2D eigenvalue weighted by molar-refractivity contribution is -0.125. The molecule has 1 N–H and O–H groups in total. The van der Waals surface area contributed by atoms with Crippen molar-refractivity contribution < 1.29 is 4.79 Å². The second kappa shape index (κ2) is 5.47. The van der Waals surface area contributed by atoms with Crippen LogP contribution in [0.15, 0.2) is 16.0 Å². The highest BCUT2D eigenvalue weighted by Gasteiger charge is 2.52. The van der Waals surface area contributed by atoms with Gasteiger partial charge in [0.2, 0.25) is 5.91 Å². The van der Waals surface area contributed by atoms with E-state index < -0.39 is 5.41 Å². The summed E-state index contributed by atoms with van der Waals surface area (Å²) < 4.78 is 0. The van der Waals surface area contributed by atoms with Crippen LogP contribution in [0.1, 0.15) is 48.7 Å². The fraction of sp³-hybridized carbons (Fsp3) is 0.533. The largest absolute Gasteiger partial charge is 0.319 e. The zero-order valence-corrected chi connectivity index (χ0v) is 13.6. The van der Waals surface area contributed by atoms with E-state index in [1.165, 1.54) is 11.3 Å². The van der Waals surface area contributed by atoms with E-state index in [0.717, 1.165) is 42.8 Å². The molecule has 3 rings (SSSR count). The summed E-state index contributed by atoms with van der Waals surface area (Å²) in [7, 11) is 0. The van der Waals surface area contributed by atoms with Crippen molar-refractivity contribution in [3.63, 3.8) is 0 Å². The Bertz CT molecular complexity index is 650. The van der Waals surface area contributed by atoms with E-state index in [-0.39, 0.29) is 11.8 Å². The van der Waals surface area contributed by atoms with Crippen molar-refractivity contribution in [3.8, 4) is 6.07 Å². The molecule has 1 saturated carbocycles. The number of thiol groups is 1. The van der Waals surface area contributed by atoms with Crippen LogP contribution >= 0.6 is 24.0 Å². The molecule has 1 aromatic rings. The minimum absolute atomic E-state index is 0.0738. The topological polar surface area (TPSA) is 65.8 Å². The summed E-state index contributed by atoms with van der Waals surface area (Å²) in [6.45, 7) is 1.93. The van der Waals surface area contributed by atoms with Gasteiger partial charge in [0.05, 0.1) is 16.7 Å². The van der Waals surface area contributed by atoms with Crippen molar-refractivity contribution in [1.82, 2.24) is 10.3 Å². The Morgan fingerprint density at radius 2 is 2.19 bits per heavy atom. The Labute approximate surface area is 133 Å². The third-order valence-corrected chi connectivity index (χ3v) is 5.90. The van der Waals surface area contributed by atoms with Crippen LogP contribution in [0.25, 0.3) is 0 Å². The van der Waals surface area contributed by atoms with Crippen molar-refractivity contribution in [3.05, 3.63) is 26.7 Å². The molecule has 1 aliphatic heterocycles. The van der Waals surface area contributed by atoms with Crippen molar-refractivity contribution >= 4 is 29.9 Å². The second-order valence-corrected chi connectivity index (χ2v) is 7.14.